The van der Waals surface area contributed by atoms with Gasteiger partial charge in [-0.15, -0.1) is 0 Å². The first-order chi connectivity index (χ1) is 19.2. The minimum Gasteiger partial charge on any atom is -0.388 e. The lowest BCUT2D eigenvalue weighted by molar-refractivity contribution is 0.603. The van der Waals surface area contributed by atoms with Crippen LogP contribution in [-0.2, 0) is 5.41 Å². The zero-order valence-electron chi connectivity index (χ0n) is 23.6. The maximum absolute atomic E-state index is 14.7. The molecule has 204 valence electrons. The molecule has 3 N–H and O–H groups in total. The van der Waals surface area contributed by atoms with Crippen LogP contribution in [-0.4, -0.2) is 27.0 Å². The molecule has 0 aliphatic rings. The summed E-state index contributed by atoms with van der Waals surface area (Å²) in [6, 6.07) is 15.2. The van der Waals surface area contributed by atoms with Gasteiger partial charge in [0.05, 0.1) is 29.1 Å². The van der Waals surface area contributed by atoms with E-state index in [2.05, 4.69) is 84.1 Å². The Labute approximate surface area is 234 Å². The van der Waals surface area contributed by atoms with Crippen LogP contribution in [0.2, 0.25) is 0 Å². The van der Waals surface area contributed by atoms with Crippen molar-refractivity contribution in [2.45, 2.75) is 39.5 Å². The van der Waals surface area contributed by atoms with E-state index in [-0.39, 0.29) is 5.82 Å². The van der Waals surface area contributed by atoms with Crippen LogP contribution in [0, 0.1) is 11.7 Å². The van der Waals surface area contributed by atoms with Crippen LogP contribution in [0.25, 0.3) is 33.3 Å². The lowest BCUT2D eigenvalue weighted by Crippen LogP contribution is -2.22. The van der Waals surface area contributed by atoms with E-state index in [1.54, 1.807) is 24.5 Å². The van der Waals surface area contributed by atoms with Crippen LogP contribution in [0.5, 0.6) is 0 Å². The molecule has 0 aliphatic heterocycles. The highest BCUT2D eigenvalue weighted by molar-refractivity contribution is 5.91. The fourth-order valence-corrected chi connectivity index (χ4v) is 4.91. The number of imidazole rings is 1. The highest BCUT2D eigenvalue weighted by atomic mass is 19.1. The summed E-state index contributed by atoms with van der Waals surface area (Å²) in [5.74, 6) is 0.827. The van der Waals surface area contributed by atoms with Gasteiger partial charge in [0.15, 0.2) is 0 Å². The Morgan fingerprint density at radius 1 is 1.00 bits per heavy atom. The molecule has 0 aliphatic carbocycles. The van der Waals surface area contributed by atoms with Crippen molar-refractivity contribution in [3.05, 3.63) is 103 Å². The van der Waals surface area contributed by atoms with Crippen molar-refractivity contribution in [1.82, 2.24) is 19.9 Å². The zero-order valence-corrected chi connectivity index (χ0v) is 23.6. The van der Waals surface area contributed by atoms with Gasteiger partial charge < -0.3 is 15.6 Å². The number of benzene rings is 2. The number of hydrogen-bond donors (Lipinski definition) is 3. The Hall–Kier alpha value is -4.52. The minimum absolute atomic E-state index is 0.302. The number of H-pyrrole nitrogens is 1. The van der Waals surface area contributed by atoms with Crippen molar-refractivity contribution in [2.24, 2.45) is 5.92 Å². The zero-order chi connectivity index (χ0) is 28.4. The largest absolute Gasteiger partial charge is 0.388 e. The van der Waals surface area contributed by atoms with Crippen molar-refractivity contribution in [3.63, 3.8) is 0 Å². The Balaban J connectivity index is 1.56. The van der Waals surface area contributed by atoms with E-state index in [1.165, 1.54) is 6.07 Å². The molecule has 0 spiro atoms. The fraction of sp³-hybridized carbons (Fsp3) is 0.242. The van der Waals surface area contributed by atoms with E-state index < -0.39 is 5.41 Å². The van der Waals surface area contributed by atoms with Crippen LogP contribution < -0.4 is 10.6 Å². The standard InChI is InChI=1S/C33H35FN6/c1-7-20(2)21(3)38-24-14-23(16-36-17-24)22-12-13-29(35-6)27(15-22)33(4,5)32-39-30-19-37-18-26(31(30)40-32)25-10-8-9-11-28(25)34/h8-20,35,38H,3,7H2,1-2,4-6H3,(H,39,40). The predicted molar refractivity (Wildman–Crippen MR) is 163 cm³/mol. The first-order valence-electron chi connectivity index (χ1n) is 13.6. The van der Waals surface area contributed by atoms with Crippen LogP contribution in [0.1, 0.15) is 45.5 Å². The monoisotopic (exact) mass is 534 g/mol. The van der Waals surface area contributed by atoms with Gasteiger partial charge >= 0.3 is 0 Å². The molecular weight excluding hydrogens is 499 g/mol. The summed E-state index contributed by atoms with van der Waals surface area (Å²) in [5, 5.41) is 6.76. The number of halogens is 1. The van der Waals surface area contributed by atoms with Crippen LogP contribution in [0.4, 0.5) is 15.8 Å². The SMILES string of the molecule is C=C(Nc1cncc(-c2ccc(NC)c(C(C)(C)c3nc4c(-c5ccccc5F)cncc4[nH]3)c2)c1)C(C)CC. The summed E-state index contributed by atoms with van der Waals surface area (Å²) in [6.07, 6.45) is 8.11. The number of aromatic nitrogens is 4. The lowest BCUT2D eigenvalue weighted by atomic mass is 9.81. The number of pyridine rings is 2. The van der Waals surface area contributed by atoms with E-state index in [4.69, 9.17) is 4.98 Å². The molecule has 0 saturated carbocycles. The summed E-state index contributed by atoms with van der Waals surface area (Å²) in [7, 11) is 1.92. The van der Waals surface area contributed by atoms with Gasteiger partial charge in [-0.2, -0.15) is 0 Å². The second kappa shape index (κ2) is 10.9. The van der Waals surface area contributed by atoms with Crippen molar-refractivity contribution in [1.29, 1.82) is 0 Å². The van der Waals surface area contributed by atoms with Crippen LogP contribution in [0.15, 0.2) is 85.6 Å². The van der Waals surface area contributed by atoms with Gasteiger partial charge in [0.2, 0.25) is 0 Å². The highest BCUT2D eigenvalue weighted by Crippen LogP contribution is 2.39. The smallest absolute Gasteiger partial charge is 0.131 e. The highest BCUT2D eigenvalue weighted by Gasteiger charge is 2.30. The molecule has 3 heterocycles. The summed E-state index contributed by atoms with van der Waals surface area (Å²) in [4.78, 5) is 17.3. The van der Waals surface area contributed by atoms with E-state index in [1.807, 2.05) is 25.5 Å². The molecule has 0 fully saturated rings. The van der Waals surface area contributed by atoms with Gasteiger partial charge in [-0.3, -0.25) is 9.97 Å². The second-order valence-corrected chi connectivity index (χ2v) is 10.7. The third-order valence-corrected chi connectivity index (χ3v) is 7.70. The fourth-order valence-electron chi connectivity index (χ4n) is 4.91. The van der Waals surface area contributed by atoms with E-state index in [0.717, 1.165) is 51.5 Å². The number of fused-ring (bicyclic) bond motifs is 1. The topological polar surface area (TPSA) is 78.5 Å². The first kappa shape index (κ1) is 27.1. The number of rotatable bonds is 9. The van der Waals surface area contributed by atoms with Gasteiger partial charge in [-0.1, -0.05) is 44.7 Å². The van der Waals surface area contributed by atoms with E-state index >= 15 is 0 Å². The summed E-state index contributed by atoms with van der Waals surface area (Å²) in [6.45, 7) is 12.8. The van der Waals surface area contributed by atoms with Crippen molar-refractivity contribution < 1.29 is 4.39 Å². The Bertz CT molecular complexity index is 1690. The average Bonchev–Trinajstić information content (AvgIpc) is 3.42. The molecule has 2 aromatic carbocycles. The van der Waals surface area contributed by atoms with Gasteiger partial charge in [0.25, 0.3) is 0 Å². The van der Waals surface area contributed by atoms with Gasteiger partial charge in [0.1, 0.15) is 11.6 Å². The predicted octanol–water partition coefficient (Wildman–Crippen LogP) is 8.17. The first-order valence-corrected chi connectivity index (χ1v) is 13.6. The molecule has 0 amide bonds. The second-order valence-electron chi connectivity index (χ2n) is 10.7. The van der Waals surface area contributed by atoms with Gasteiger partial charge in [-0.05, 0) is 61.6 Å². The molecule has 6 nitrogen and oxygen atoms in total. The summed E-state index contributed by atoms with van der Waals surface area (Å²) < 4.78 is 14.7. The van der Waals surface area contributed by atoms with Crippen LogP contribution >= 0.6 is 0 Å². The molecule has 0 bridgehead atoms. The normalized spacial score (nSPS) is 12.3. The van der Waals surface area contributed by atoms with Crippen molar-refractivity contribution in [3.8, 4) is 22.3 Å². The Morgan fingerprint density at radius 2 is 1.77 bits per heavy atom. The van der Waals surface area contributed by atoms with Gasteiger partial charge in [0, 0.05) is 52.9 Å². The summed E-state index contributed by atoms with van der Waals surface area (Å²) >= 11 is 0. The van der Waals surface area contributed by atoms with E-state index in [0.29, 0.717) is 22.6 Å². The number of nitrogens with one attached hydrogen (secondary N) is 3. The number of anilines is 2. The maximum atomic E-state index is 14.7. The van der Waals surface area contributed by atoms with Crippen LogP contribution in [0.3, 0.4) is 0 Å². The molecular formula is C33H35FN6. The van der Waals surface area contributed by atoms with E-state index in [9.17, 15) is 4.39 Å². The Morgan fingerprint density at radius 3 is 2.52 bits per heavy atom. The number of hydrogen-bond acceptors (Lipinski definition) is 5. The molecule has 0 radical (unpaired) electrons. The molecule has 40 heavy (non-hydrogen) atoms. The molecule has 1 atom stereocenters. The quantitative estimate of drug-likeness (QED) is 0.178. The van der Waals surface area contributed by atoms with Gasteiger partial charge in [-0.25, -0.2) is 9.37 Å². The third kappa shape index (κ3) is 5.07. The molecule has 5 rings (SSSR count). The number of allylic oxidation sites excluding steroid dienone is 1. The average molecular weight is 535 g/mol. The lowest BCUT2D eigenvalue weighted by Gasteiger charge is -2.26. The molecule has 3 aromatic heterocycles. The molecule has 0 saturated heterocycles. The minimum atomic E-state index is -0.520. The number of nitrogens with zero attached hydrogens (tertiary/aromatic N) is 3. The number of aromatic amines is 1. The third-order valence-electron chi connectivity index (χ3n) is 7.70. The molecule has 5 aromatic rings. The molecule has 1 unspecified atom stereocenters. The summed E-state index contributed by atoms with van der Waals surface area (Å²) in [5.41, 5.74) is 8.05. The Kier molecular flexibility index (Phi) is 7.39. The van der Waals surface area contributed by atoms with Crippen molar-refractivity contribution >= 4 is 22.4 Å². The maximum Gasteiger partial charge on any atom is 0.131 e. The molecule has 7 heteroatoms. The van der Waals surface area contributed by atoms with Crippen molar-refractivity contribution in [2.75, 3.05) is 17.7 Å².